The van der Waals surface area contributed by atoms with E-state index in [4.69, 9.17) is 10.5 Å². The highest BCUT2D eigenvalue weighted by Gasteiger charge is 2.19. The van der Waals surface area contributed by atoms with Gasteiger partial charge in [-0.2, -0.15) is 0 Å². The summed E-state index contributed by atoms with van der Waals surface area (Å²) in [6.07, 6.45) is 2.82. The van der Waals surface area contributed by atoms with Crippen molar-refractivity contribution in [1.29, 1.82) is 0 Å². The molecule has 1 aliphatic rings. The normalized spacial score (nSPS) is 14.2. The molecular formula is C15H15N5O3. The number of nitrogens with two attached hydrogens (primary N) is 1. The lowest BCUT2D eigenvalue weighted by Crippen LogP contribution is -2.29. The van der Waals surface area contributed by atoms with E-state index >= 15 is 0 Å². The third-order valence-corrected chi connectivity index (χ3v) is 3.43. The number of nitrogen functional groups attached to an aromatic ring is 1. The van der Waals surface area contributed by atoms with Crippen molar-refractivity contribution in [3.05, 3.63) is 41.9 Å². The number of aromatic nitrogens is 2. The molecule has 2 amide bonds. The monoisotopic (exact) mass is 313 g/mol. The van der Waals surface area contributed by atoms with Gasteiger partial charge in [-0.15, -0.1) is 0 Å². The SMILES string of the molecule is C[C@@H](NC(=O)c1nccnc1N)c1ccc2c(c1)NC(=O)CO2. The molecule has 0 unspecified atom stereocenters. The summed E-state index contributed by atoms with van der Waals surface area (Å²) in [5.74, 6) is 0.0492. The van der Waals surface area contributed by atoms with E-state index in [0.29, 0.717) is 11.4 Å². The molecular weight excluding hydrogens is 298 g/mol. The summed E-state index contributed by atoms with van der Waals surface area (Å²) in [5.41, 5.74) is 7.11. The van der Waals surface area contributed by atoms with Crippen molar-refractivity contribution in [2.75, 3.05) is 17.7 Å². The van der Waals surface area contributed by atoms with Gasteiger partial charge in [-0.3, -0.25) is 9.59 Å². The van der Waals surface area contributed by atoms with E-state index < -0.39 is 5.91 Å². The molecule has 2 heterocycles. The van der Waals surface area contributed by atoms with Crippen molar-refractivity contribution < 1.29 is 14.3 Å². The molecule has 3 rings (SSSR count). The smallest absolute Gasteiger partial charge is 0.274 e. The minimum Gasteiger partial charge on any atom is -0.482 e. The van der Waals surface area contributed by atoms with Crippen molar-refractivity contribution in [3.8, 4) is 5.75 Å². The van der Waals surface area contributed by atoms with Crippen LogP contribution in [-0.2, 0) is 4.79 Å². The van der Waals surface area contributed by atoms with Crippen LogP contribution in [0.3, 0.4) is 0 Å². The standard InChI is InChI=1S/C15H15N5O3/c1-8(19-15(22)13-14(16)18-5-4-17-13)9-2-3-11-10(6-9)20-12(21)7-23-11/h2-6,8H,7H2,1H3,(H2,16,18)(H,19,22)(H,20,21)/t8-/m1/s1. The highest BCUT2D eigenvalue weighted by molar-refractivity contribution is 5.97. The lowest BCUT2D eigenvalue weighted by molar-refractivity contribution is -0.118. The summed E-state index contributed by atoms with van der Waals surface area (Å²) in [5, 5.41) is 5.53. The van der Waals surface area contributed by atoms with Crippen LogP contribution in [0.4, 0.5) is 11.5 Å². The fraction of sp³-hybridized carbons (Fsp3) is 0.200. The third-order valence-electron chi connectivity index (χ3n) is 3.43. The zero-order chi connectivity index (χ0) is 16.4. The average molecular weight is 313 g/mol. The molecule has 0 aliphatic carbocycles. The van der Waals surface area contributed by atoms with Crippen LogP contribution in [0.1, 0.15) is 29.0 Å². The summed E-state index contributed by atoms with van der Waals surface area (Å²) >= 11 is 0. The van der Waals surface area contributed by atoms with Crippen molar-refractivity contribution in [2.24, 2.45) is 0 Å². The summed E-state index contributed by atoms with van der Waals surface area (Å²) < 4.78 is 5.30. The van der Waals surface area contributed by atoms with Gasteiger partial charge in [-0.25, -0.2) is 9.97 Å². The Kier molecular flexibility index (Phi) is 3.80. The van der Waals surface area contributed by atoms with Crippen LogP contribution in [0.15, 0.2) is 30.6 Å². The van der Waals surface area contributed by atoms with E-state index in [-0.39, 0.29) is 30.1 Å². The van der Waals surface area contributed by atoms with Crippen LogP contribution in [0.5, 0.6) is 5.75 Å². The first-order valence-corrected chi connectivity index (χ1v) is 6.98. The van der Waals surface area contributed by atoms with Crippen molar-refractivity contribution in [1.82, 2.24) is 15.3 Å². The summed E-state index contributed by atoms with van der Waals surface area (Å²) in [7, 11) is 0. The van der Waals surface area contributed by atoms with Gasteiger partial charge in [-0.1, -0.05) is 6.07 Å². The fourth-order valence-electron chi connectivity index (χ4n) is 2.24. The number of fused-ring (bicyclic) bond motifs is 1. The van der Waals surface area contributed by atoms with Gasteiger partial charge in [0.05, 0.1) is 11.7 Å². The Labute approximate surface area is 132 Å². The molecule has 23 heavy (non-hydrogen) atoms. The van der Waals surface area contributed by atoms with Gasteiger partial charge in [0.1, 0.15) is 5.75 Å². The topological polar surface area (TPSA) is 119 Å². The predicted molar refractivity (Wildman–Crippen MR) is 82.9 cm³/mol. The van der Waals surface area contributed by atoms with Crippen molar-refractivity contribution >= 4 is 23.3 Å². The van der Waals surface area contributed by atoms with Gasteiger partial charge in [0.25, 0.3) is 11.8 Å². The molecule has 0 bridgehead atoms. The number of nitrogens with zero attached hydrogens (tertiary/aromatic N) is 2. The maximum Gasteiger partial charge on any atom is 0.274 e. The fourth-order valence-corrected chi connectivity index (χ4v) is 2.24. The largest absolute Gasteiger partial charge is 0.482 e. The number of carbonyl (C=O) groups is 2. The van der Waals surface area contributed by atoms with E-state index in [0.717, 1.165) is 5.56 Å². The average Bonchev–Trinajstić information content (AvgIpc) is 2.54. The molecule has 1 aliphatic heterocycles. The molecule has 8 nitrogen and oxygen atoms in total. The maximum atomic E-state index is 12.2. The lowest BCUT2D eigenvalue weighted by Gasteiger charge is -2.21. The number of anilines is 2. The van der Waals surface area contributed by atoms with Crippen LogP contribution in [0.25, 0.3) is 0 Å². The Morgan fingerprint density at radius 3 is 2.96 bits per heavy atom. The quantitative estimate of drug-likeness (QED) is 0.774. The third kappa shape index (κ3) is 3.05. The van der Waals surface area contributed by atoms with E-state index in [1.165, 1.54) is 12.4 Å². The molecule has 0 saturated carbocycles. The zero-order valence-electron chi connectivity index (χ0n) is 12.4. The molecule has 0 radical (unpaired) electrons. The van der Waals surface area contributed by atoms with Crippen LogP contribution >= 0.6 is 0 Å². The van der Waals surface area contributed by atoms with Gasteiger partial charge in [-0.05, 0) is 24.6 Å². The Balaban J connectivity index is 1.77. The Morgan fingerprint density at radius 1 is 1.39 bits per heavy atom. The van der Waals surface area contributed by atoms with E-state index in [2.05, 4.69) is 20.6 Å². The molecule has 118 valence electrons. The van der Waals surface area contributed by atoms with Gasteiger partial charge >= 0.3 is 0 Å². The molecule has 1 aromatic heterocycles. The van der Waals surface area contributed by atoms with Crippen LogP contribution in [0, 0.1) is 0 Å². The summed E-state index contributed by atoms with van der Waals surface area (Å²) in [6, 6.07) is 5.02. The first kappa shape index (κ1) is 14.8. The number of rotatable bonds is 3. The zero-order valence-corrected chi connectivity index (χ0v) is 12.4. The van der Waals surface area contributed by atoms with Crippen molar-refractivity contribution in [3.63, 3.8) is 0 Å². The Morgan fingerprint density at radius 2 is 2.17 bits per heavy atom. The highest BCUT2D eigenvalue weighted by Crippen LogP contribution is 2.30. The molecule has 1 atom stereocenters. The number of nitrogens with one attached hydrogen (secondary N) is 2. The molecule has 0 spiro atoms. The van der Waals surface area contributed by atoms with Gasteiger partial charge < -0.3 is 21.1 Å². The Bertz CT molecular complexity index is 777. The Hall–Kier alpha value is -3.16. The highest BCUT2D eigenvalue weighted by atomic mass is 16.5. The molecule has 4 N–H and O–H groups in total. The van der Waals surface area contributed by atoms with Gasteiger partial charge in [0.15, 0.2) is 18.1 Å². The maximum absolute atomic E-state index is 12.2. The number of carbonyl (C=O) groups excluding carboxylic acids is 2. The van der Waals surface area contributed by atoms with Gasteiger partial charge in [0, 0.05) is 12.4 Å². The molecule has 1 aromatic carbocycles. The van der Waals surface area contributed by atoms with E-state index in [1.807, 2.05) is 13.0 Å². The number of amides is 2. The number of ether oxygens (including phenoxy) is 1. The van der Waals surface area contributed by atoms with Crippen LogP contribution in [-0.4, -0.2) is 28.4 Å². The minimum atomic E-state index is -0.416. The predicted octanol–water partition coefficient (Wildman–Crippen LogP) is 0.881. The summed E-state index contributed by atoms with van der Waals surface area (Å²) in [6.45, 7) is 1.82. The first-order valence-electron chi connectivity index (χ1n) is 6.98. The second-order valence-corrected chi connectivity index (χ2v) is 5.08. The molecule has 0 fully saturated rings. The lowest BCUT2D eigenvalue weighted by atomic mass is 10.1. The second kappa shape index (κ2) is 5.91. The van der Waals surface area contributed by atoms with Crippen LogP contribution in [0.2, 0.25) is 0 Å². The molecule has 2 aromatic rings. The summed E-state index contributed by atoms with van der Waals surface area (Å²) in [4.78, 5) is 31.3. The molecule has 0 saturated heterocycles. The van der Waals surface area contributed by atoms with E-state index in [9.17, 15) is 9.59 Å². The number of benzene rings is 1. The molecule has 8 heteroatoms. The van der Waals surface area contributed by atoms with Crippen molar-refractivity contribution in [2.45, 2.75) is 13.0 Å². The first-order chi connectivity index (χ1) is 11.0. The number of hydrogen-bond donors (Lipinski definition) is 3. The van der Waals surface area contributed by atoms with Gasteiger partial charge in [0.2, 0.25) is 0 Å². The minimum absolute atomic E-state index is 0.00455. The number of hydrogen-bond acceptors (Lipinski definition) is 6. The second-order valence-electron chi connectivity index (χ2n) is 5.08. The van der Waals surface area contributed by atoms with E-state index in [1.54, 1.807) is 12.1 Å². The van der Waals surface area contributed by atoms with Crippen LogP contribution < -0.4 is 21.1 Å².